The van der Waals surface area contributed by atoms with Crippen LogP contribution in [0.2, 0.25) is 0 Å². The number of allylic oxidation sites excluding steroid dienone is 2. The number of nitrogens with one attached hydrogen (secondary N) is 1. The van der Waals surface area contributed by atoms with Gasteiger partial charge in [-0.25, -0.2) is 0 Å². The number of hydrogen-bond donors (Lipinski definition) is 1. The Bertz CT molecular complexity index is 202. The SMILES string of the molecule is CSCCCNCC1CC2C=CC1C2. The highest BCUT2D eigenvalue weighted by Crippen LogP contribution is 2.42. The third-order valence-corrected chi connectivity index (χ3v) is 4.22. The smallest absolute Gasteiger partial charge is 0.00147 e. The van der Waals surface area contributed by atoms with Crippen LogP contribution < -0.4 is 5.32 Å². The molecule has 1 nitrogen and oxygen atoms in total. The number of hydrogen-bond acceptors (Lipinski definition) is 2. The molecule has 0 heterocycles. The lowest BCUT2D eigenvalue weighted by molar-refractivity contribution is 0.415. The van der Waals surface area contributed by atoms with Crippen LogP contribution >= 0.6 is 11.8 Å². The van der Waals surface area contributed by atoms with E-state index in [1.807, 2.05) is 11.8 Å². The molecule has 1 N–H and O–H groups in total. The first-order valence-electron chi connectivity index (χ1n) is 5.78. The summed E-state index contributed by atoms with van der Waals surface area (Å²) in [5, 5.41) is 3.60. The lowest BCUT2D eigenvalue weighted by atomic mass is 9.94. The molecule has 0 aromatic rings. The molecule has 2 aliphatic rings. The topological polar surface area (TPSA) is 12.0 Å². The second-order valence-corrected chi connectivity index (χ2v) is 5.58. The summed E-state index contributed by atoms with van der Waals surface area (Å²) in [5.41, 5.74) is 0. The normalized spacial score (nSPS) is 34.2. The quantitative estimate of drug-likeness (QED) is 0.535. The first-order chi connectivity index (χ1) is 6.90. The highest BCUT2D eigenvalue weighted by atomic mass is 32.2. The summed E-state index contributed by atoms with van der Waals surface area (Å²) in [7, 11) is 0. The van der Waals surface area contributed by atoms with Gasteiger partial charge in [-0.2, -0.15) is 11.8 Å². The van der Waals surface area contributed by atoms with Crippen molar-refractivity contribution in [3.63, 3.8) is 0 Å². The molecule has 1 fully saturated rings. The van der Waals surface area contributed by atoms with Gasteiger partial charge in [-0.15, -0.1) is 0 Å². The minimum absolute atomic E-state index is 0.910. The fraction of sp³-hybridized carbons (Fsp3) is 0.833. The van der Waals surface area contributed by atoms with E-state index in [4.69, 9.17) is 0 Å². The van der Waals surface area contributed by atoms with Crippen molar-refractivity contribution in [2.75, 3.05) is 25.1 Å². The predicted octanol–water partition coefficient (Wildman–Crippen LogP) is 2.54. The molecular weight excluding hydrogens is 190 g/mol. The van der Waals surface area contributed by atoms with E-state index in [1.54, 1.807) is 0 Å². The Morgan fingerprint density at radius 3 is 2.93 bits per heavy atom. The van der Waals surface area contributed by atoms with E-state index in [2.05, 4.69) is 23.7 Å². The molecule has 0 amide bonds. The Kier molecular flexibility index (Phi) is 3.94. The molecule has 14 heavy (non-hydrogen) atoms. The molecular formula is C12H21NS. The minimum Gasteiger partial charge on any atom is -0.316 e. The summed E-state index contributed by atoms with van der Waals surface area (Å²) in [6.07, 6.45) is 11.3. The molecule has 3 unspecified atom stereocenters. The lowest BCUT2D eigenvalue weighted by Crippen LogP contribution is -2.26. The van der Waals surface area contributed by atoms with Gasteiger partial charge >= 0.3 is 0 Å². The third-order valence-electron chi connectivity index (χ3n) is 3.52. The van der Waals surface area contributed by atoms with Crippen LogP contribution in [-0.4, -0.2) is 25.1 Å². The van der Waals surface area contributed by atoms with Crippen LogP contribution in [-0.2, 0) is 0 Å². The van der Waals surface area contributed by atoms with Crippen molar-refractivity contribution in [1.82, 2.24) is 5.32 Å². The predicted molar refractivity (Wildman–Crippen MR) is 64.7 cm³/mol. The van der Waals surface area contributed by atoms with Crippen molar-refractivity contribution in [3.05, 3.63) is 12.2 Å². The first-order valence-corrected chi connectivity index (χ1v) is 7.17. The van der Waals surface area contributed by atoms with Crippen molar-refractivity contribution in [3.8, 4) is 0 Å². The van der Waals surface area contributed by atoms with Gasteiger partial charge in [0.1, 0.15) is 0 Å². The molecule has 0 aliphatic heterocycles. The molecule has 0 aromatic carbocycles. The average molecular weight is 211 g/mol. The van der Waals surface area contributed by atoms with Crippen molar-refractivity contribution in [2.24, 2.45) is 17.8 Å². The summed E-state index contributed by atoms with van der Waals surface area (Å²) in [4.78, 5) is 0. The fourth-order valence-electron chi connectivity index (χ4n) is 2.76. The van der Waals surface area contributed by atoms with Crippen LogP contribution in [0, 0.1) is 17.8 Å². The van der Waals surface area contributed by atoms with Crippen LogP contribution in [0.4, 0.5) is 0 Å². The maximum Gasteiger partial charge on any atom is -0.00147 e. The number of fused-ring (bicyclic) bond motifs is 2. The van der Waals surface area contributed by atoms with Crippen molar-refractivity contribution < 1.29 is 0 Å². The Labute approximate surface area is 91.7 Å². The highest BCUT2D eigenvalue weighted by molar-refractivity contribution is 7.98. The summed E-state index contributed by atoms with van der Waals surface area (Å²) in [6.45, 7) is 2.46. The summed E-state index contributed by atoms with van der Waals surface area (Å²) in [5.74, 6) is 4.08. The van der Waals surface area contributed by atoms with E-state index in [9.17, 15) is 0 Å². The van der Waals surface area contributed by atoms with Crippen LogP contribution in [0.25, 0.3) is 0 Å². The van der Waals surface area contributed by atoms with Crippen LogP contribution in [0.3, 0.4) is 0 Å². The molecule has 2 heteroatoms. The summed E-state index contributed by atoms with van der Waals surface area (Å²) >= 11 is 1.95. The van der Waals surface area contributed by atoms with E-state index < -0.39 is 0 Å². The number of rotatable bonds is 6. The minimum atomic E-state index is 0.910. The zero-order chi connectivity index (χ0) is 9.80. The monoisotopic (exact) mass is 211 g/mol. The molecule has 2 aliphatic carbocycles. The van der Waals surface area contributed by atoms with E-state index >= 15 is 0 Å². The van der Waals surface area contributed by atoms with Gasteiger partial charge in [0.25, 0.3) is 0 Å². The third kappa shape index (κ3) is 2.54. The molecule has 0 radical (unpaired) electrons. The standard InChI is InChI=1S/C12H21NS/c1-14-6-2-5-13-9-12-8-10-3-4-11(12)7-10/h3-4,10-13H,2,5-9H2,1H3. The van der Waals surface area contributed by atoms with Gasteiger partial charge in [0.05, 0.1) is 0 Å². The molecule has 1 saturated carbocycles. The van der Waals surface area contributed by atoms with Gasteiger partial charge in [0.2, 0.25) is 0 Å². The van der Waals surface area contributed by atoms with Gasteiger partial charge in [-0.1, -0.05) is 12.2 Å². The maximum atomic E-state index is 3.60. The molecule has 80 valence electrons. The summed E-state index contributed by atoms with van der Waals surface area (Å²) in [6, 6.07) is 0. The van der Waals surface area contributed by atoms with Gasteiger partial charge in [-0.05, 0) is 62.1 Å². The van der Waals surface area contributed by atoms with Gasteiger partial charge < -0.3 is 5.32 Å². The first kappa shape index (κ1) is 10.6. The zero-order valence-electron chi connectivity index (χ0n) is 9.04. The van der Waals surface area contributed by atoms with E-state index in [0.717, 1.165) is 17.8 Å². The van der Waals surface area contributed by atoms with Crippen molar-refractivity contribution in [1.29, 1.82) is 0 Å². The Hall–Kier alpha value is 0.0500. The zero-order valence-corrected chi connectivity index (χ0v) is 9.85. The molecule has 0 spiro atoms. The fourth-order valence-corrected chi connectivity index (χ4v) is 3.19. The van der Waals surface area contributed by atoms with E-state index in [1.165, 1.54) is 38.1 Å². The second kappa shape index (κ2) is 5.22. The van der Waals surface area contributed by atoms with E-state index in [-0.39, 0.29) is 0 Å². The molecule has 0 saturated heterocycles. The maximum absolute atomic E-state index is 3.60. The van der Waals surface area contributed by atoms with Crippen LogP contribution in [0.5, 0.6) is 0 Å². The Balaban J connectivity index is 1.56. The van der Waals surface area contributed by atoms with Gasteiger partial charge in [-0.3, -0.25) is 0 Å². The Morgan fingerprint density at radius 1 is 1.36 bits per heavy atom. The number of thioether (sulfide) groups is 1. The second-order valence-electron chi connectivity index (χ2n) is 4.59. The molecule has 2 bridgehead atoms. The van der Waals surface area contributed by atoms with Crippen molar-refractivity contribution in [2.45, 2.75) is 19.3 Å². The highest BCUT2D eigenvalue weighted by Gasteiger charge is 2.34. The van der Waals surface area contributed by atoms with Crippen LogP contribution in [0.15, 0.2) is 12.2 Å². The summed E-state index contributed by atoms with van der Waals surface area (Å²) < 4.78 is 0. The largest absolute Gasteiger partial charge is 0.316 e. The average Bonchev–Trinajstić information content (AvgIpc) is 2.79. The molecule has 0 aromatic heterocycles. The van der Waals surface area contributed by atoms with Crippen LogP contribution in [0.1, 0.15) is 19.3 Å². The van der Waals surface area contributed by atoms with E-state index in [0.29, 0.717) is 0 Å². The lowest BCUT2D eigenvalue weighted by Gasteiger charge is -2.18. The molecule has 3 atom stereocenters. The van der Waals surface area contributed by atoms with Gasteiger partial charge in [0.15, 0.2) is 0 Å². The Morgan fingerprint density at radius 2 is 2.29 bits per heavy atom. The molecule has 2 rings (SSSR count). The van der Waals surface area contributed by atoms with Crippen molar-refractivity contribution >= 4 is 11.8 Å². The van der Waals surface area contributed by atoms with Gasteiger partial charge in [0, 0.05) is 0 Å².